The minimum Gasteiger partial charge on any atom is -0.494 e. The van der Waals surface area contributed by atoms with Crippen LogP contribution in [0.5, 0.6) is 5.75 Å². The van der Waals surface area contributed by atoms with Crippen molar-refractivity contribution in [2.75, 3.05) is 25.0 Å². The molecule has 7 heteroatoms. The van der Waals surface area contributed by atoms with E-state index in [9.17, 15) is 14.4 Å². The van der Waals surface area contributed by atoms with Crippen LogP contribution in [0.25, 0.3) is 0 Å². The number of amides is 2. The zero-order chi connectivity index (χ0) is 18.5. The molecule has 140 valence electrons. The van der Waals surface area contributed by atoms with Crippen molar-refractivity contribution in [3.05, 3.63) is 23.8 Å². The van der Waals surface area contributed by atoms with Crippen LogP contribution in [0.2, 0.25) is 0 Å². The van der Waals surface area contributed by atoms with Gasteiger partial charge in [0.15, 0.2) is 0 Å². The number of aliphatic carboxylic acids is 1. The second kappa shape index (κ2) is 8.21. The zero-order valence-corrected chi connectivity index (χ0v) is 14.7. The third-order valence-electron chi connectivity index (χ3n) is 4.90. The monoisotopic (exact) mass is 360 g/mol. The van der Waals surface area contributed by atoms with Crippen LogP contribution in [-0.2, 0) is 20.8 Å². The van der Waals surface area contributed by atoms with Crippen LogP contribution in [-0.4, -0.2) is 47.5 Å². The minimum atomic E-state index is -0.825. The molecular formula is C19H24N2O5. The molecule has 3 rings (SSSR count). The number of fused-ring (bicyclic) bond motifs is 1. The Morgan fingerprint density at radius 1 is 1.31 bits per heavy atom. The Balaban J connectivity index is 1.42. The maximum atomic E-state index is 12.2. The number of hydrogen-bond donors (Lipinski definition) is 2. The van der Waals surface area contributed by atoms with Crippen molar-refractivity contribution in [3.8, 4) is 5.75 Å². The average molecular weight is 360 g/mol. The fourth-order valence-electron chi connectivity index (χ4n) is 3.43. The molecule has 2 amide bonds. The predicted octanol–water partition coefficient (Wildman–Crippen LogP) is 2.05. The summed E-state index contributed by atoms with van der Waals surface area (Å²) >= 11 is 0. The van der Waals surface area contributed by atoms with Crippen LogP contribution in [0, 0.1) is 5.92 Å². The number of ether oxygens (including phenoxy) is 1. The molecule has 1 saturated heterocycles. The molecule has 1 atom stereocenters. The van der Waals surface area contributed by atoms with Gasteiger partial charge in [0.25, 0.3) is 0 Å². The van der Waals surface area contributed by atoms with Gasteiger partial charge in [-0.05, 0) is 49.4 Å². The van der Waals surface area contributed by atoms with E-state index in [4.69, 9.17) is 9.84 Å². The van der Waals surface area contributed by atoms with Gasteiger partial charge in [-0.25, -0.2) is 0 Å². The lowest BCUT2D eigenvalue weighted by Crippen LogP contribution is -2.42. The lowest BCUT2D eigenvalue weighted by molar-refractivity contribution is -0.145. The molecule has 1 aromatic rings. The van der Waals surface area contributed by atoms with E-state index in [-0.39, 0.29) is 11.8 Å². The van der Waals surface area contributed by atoms with Gasteiger partial charge in [0.05, 0.1) is 12.5 Å². The Bertz CT molecular complexity index is 703. The second-order valence-electron chi connectivity index (χ2n) is 6.84. The Hall–Kier alpha value is -2.57. The summed E-state index contributed by atoms with van der Waals surface area (Å²) in [5.74, 6) is -0.508. The highest BCUT2D eigenvalue weighted by Gasteiger charge is 2.27. The smallest absolute Gasteiger partial charge is 0.308 e. The van der Waals surface area contributed by atoms with E-state index in [0.29, 0.717) is 51.8 Å². The number of likely N-dealkylation sites (tertiary alicyclic amines) is 1. The summed E-state index contributed by atoms with van der Waals surface area (Å²) in [7, 11) is 0. The molecule has 1 aromatic carbocycles. The zero-order valence-electron chi connectivity index (χ0n) is 14.7. The maximum Gasteiger partial charge on any atom is 0.308 e. The summed E-state index contributed by atoms with van der Waals surface area (Å²) in [5.41, 5.74) is 1.90. The minimum absolute atomic E-state index is 0.00676. The molecule has 26 heavy (non-hydrogen) atoms. The second-order valence-corrected chi connectivity index (χ2v) is 6.84. The van der Waals surface area contributed by atoms with Gasteiger partial charge in [-0.3, -0.25) is 14.4 Å². The summed E-state index contributed by atoms with van der Waals surface area (Å²) in [4.78, 5) is 36.3. The maximum absolute atomic E-state index is 12.2. The van der Waals surface area contributed by atoms with Gasteiger partial charge >= 0.3 is 5.97 Å². The van der Waals surface area contributed by atoms with E-state index in [0.717, 1.165) is 23.4 Å². The number of nitrogens with one attached hydrogen (secondary N) is 1. The normalized spacial score (nSPS) is 19.5. The van der Waals surface area contributed by atoms with Gasteiger partial charge in [-0.2, -0.15) is 0 Å². The van der Waals surface area contributed by atoms with Gasteiger partial charge in [0.2, 0.25) is 11.8 Å². The molecule has 2 heterocycles. The molecule has 0 saturated carbocycles. The first-order chi connectivity index (χ1) is 12.5. The van der Waals surface area contributed by atoms with E-state index in [2.05, 4.69) is 5.32 Å². The molecule has 2 aliphatic rings. The number of nitrogens with zero attached hydrogens (tertiary/aromatic N) is 1. The number of piperidine rings is 1. The number of aryl methyl sites for hydroxylation is 1. The molecule has 7 nitrogen and oxygen atoms in total. The van der Waals surface area contributed by atoms with Crippen molar-refractivity contribution >= 4 is 23.5 Å². The van der Waals surface area contributed by atoms with Gasteiger partial charge in [0, 0.05) is 31.6 Å². The summed E-state index contributed by atoms with van der Waals surface area (Å²) in [6.07, 6.45) is 3.51. The Morgan fingerprint density at radius 2 is 2.15 bits per heavy atom. The lowest BCUT2D eigenvalue weighted by Gasteiger charge is -2.30. The molecule has 0 aromatic heterocycles. The number of carboxylic acid groups (broad SMARTS) is 1. The van der Waals surface area contributed by atoms with E-state index < -0.39 is 11.9 Å². The molecule has 0 bridgehead atoms. The molecule has 0 radical (unpaired) electrons. The standard InChI is InChI=1S/C19H24N2O5/c22-17-8-5-13-11-15(6-7-16(13)20-17)26-10-2-4-18(23)21-9-1-3-14(12-21)19(24)25/h6-7,11,14H,1-5,8-10,12H2,(H,20,22)(H,24,25). The van der Waals surface area contributed by atoms with E-state index in [1.165, 1.54) is 0 Å². The van der Waals surface area contributed by atoms with Gasteiger partial charge in [-0.15, -0.1) is 0 Å². The Morgan fingerprint density at radius 3 is 2.96 bits per heavy atom. The molecule has 2 N–H and O–H groups in total. The van der Waals surface area contributed by atoms with Gasteiger partial charge in [-0.1, -0.05) is 0 Å². The van der Waals surface area contributed by atoms with Crippen LogP contribution >= 0.6 is 0 Å². The molecule has 0 spiro atoms. The number of anilines is 1. The predicted molar refractivity (Wildman–Crippen MR) is 95.1 cm³/mol. The third-order valence-corrected chi connectivity index (χ3v) is 4.90. The highest BCUT2D eigenvalue weighted by Crippen LogP contribution is 2.27. The highest BCUT2D eigenvalue weighted by atomic mass is 16.5. The van der Waals surface area contributed by atoms with E-state index in [1.807, 2.05) is 18.2 Å². The first-order valence-corrected chi connectivity index (χ1v) is 9.09. The van der Waals surface area contributed by atoms with Crippen molar-refractivity contribution in [2.45, 2.75) is 38.5 Å². The van der Waals surface area contributed by atoms with Crippen molar-refractivity contribution in [2.24, 2.45) is 5.92 Å². The molecule has 2 aliphatic heterocycles. The van der Waals surface area contributed by atoms with Crippen LogP contribution in [0.15, 0.2) is 18.2 Å². The number of carboxylic acids is 1. The van der Waals surface area contributed by atoms with Crippen LogP contribution in [0.1, 0.15) is 37.7 Å². The Kier molecular flexibility index (Phi) is 5.75. The lowest BCUT2D eigenvalue weighted by atomic mass is 9.98. The number of carbonyl (C=O) groups is 3. The van der Waals surface area contributed by atoms with Crippen LogP contribution in [0.3, 0.4) is 0 Å². The highest BCUT2D eigenvalue weighted by molar-refractivity contribution is 5.94. The number of benzene rings is 1. The summed E-state index contributed by atoms with van der Waals surface area (Å²) in [6.45, 7) is 1.37. The van der Waals surface area contributed by atoms with Gasteiger partial charge < -0.3 is 20.1 Å². The third kappa shape index (κ3) is 4.53. The van der Waals surface area contributed by atoms with Crippen LogP contribution < -0.4 is 10.1 Å². The fraction of sp³-hybridized carbons (Fsp3) is 0.526. The van der Waals surface area contributed by atoms with Crippen molar-refractivity contribution in [1.29, 1.82) is 0 Å². The van der Waals surface area contributed by atoms with Crippen molar-refractivity contribution < 1.29 is 24.2 Å². The average Bonchev–Trinajstić information content (AvgIpc) is 2.65. The number of rotatable bonds is 6. The van der Waals surface area contributed by atoms with Crippen LogP contribution in [0.4, 0.5) is 5.69 Å². The fourth-order valence-corrected chi connectivity index (χ4v) is 3.43. The Labute approximate surface area is 152 Å². The first-order valence-electron chi connectivity index (χ1n) is 9.09. The first kappa shape index (κ1) is 18.2. The largest absolute Gasteiger partial charge is 0.494 e. The molecule has 0 aliphatic carbocycles. The van der Waals surface area contributed by atoms with Crippen molar-refractivity contribution in [3.63, 3.8) is 0 Å². The quantitative estimate of drug-likeness (QED) is 0.757. The number of hydrogen-bond acceptors (Lipinski definition) is 4. The summed E-state index contributed by atoms with van der Waals surface area (Å²) < 4.78 is 5.72. The summed E-state index contributed by atoms with van der Waals surface area (Å²) in [5, 5.41) is 11.9. The number of carbonyl (C=O) groups excluding carboxylic acids is 2. The molecular weight excluding hydrogens is 336 g/mol. The van der Waals surface area contributed by atoms with Crippen molar-refractivity contribution in [1.82, 2.24) is 4.90 Å². The molecule has 1 unspecified atom stereocenters. The van der Waals surface area contributed by atoms with E-state index >= 15 is 0 Å². The van der Waals surface area contributed by atoms with Gasteiger partial charge in [0.1, 0.15) is 5.75 Å². The molecule has 1 fully saturated rings. The topological polar surface area (TPSA) is 95.9 Å². The van der Waals surface area contributed by atoms with E-state index in [1.54, 1.807) is 4.90 Å². The summed E-state index contributed by atoms with van der Waals surface area (Å²) in [6, 6.07) is 5.58. The SMILES string of the molecule is O=C1CCc2cc(OCCCC(=O)N3CCCC(C(=O)O)C3)ccc2N1.